The van der Waals surface area contributed by atoms with Gasteiger partial charge in [0, 0.05) is 11.3 Å². The first-order valence-corrected chi connectivity index (χ1v) is 4.36. The first kappa shape index (κ1) is 12.0. The molecule has 6 heteroatoms. The average molecular weight is 226 g/mol. The molecular weight excluding hydrogens is 218 g/mol. The number of hydrogen-bond acceptors (Lipinski definition) is 3. The van der Waals surface area contributed by atoms with Crippen LogP contribution in [-0.2, 0) is 11.2 Å². The van der Waals surface area contributed by atoms with Gasteiger partial charge in [0.1, 0.15) is 5.69 Å². The van der Waals surface area contributed by atoms with Crippen molar-refractivity contribution in [3.8, 4) is 6.07 Å². The molecule has 0 aliphatic carbocycles. The minimum absolute atomic E-state index is 0.0646. The number of nitriles is 1. The molecule has 0 aromatic carbocycles. The highest BCUT2D eigenvalue weighted by Crippen LogP contribution is 2.21. The number of carboxylic acids is 1. The van der Waals surface area contributed by atoms with Crippen molar-refractivity contribution < 1.29 is 18.7 Å². The summed E-state index contributed by atoms with van der Waals surface area (Å²) in [6, 6.07) is 2.63. The second-order valence-electron chi connectivity index (χ2n) is 3.14. The van der Waals surface area contributed by atoms with E-state index in [9.17, 15) is 13.6 Å². The van der Waals surface area contributed by atoms with Crippen molar-refractivity contribution in [2.45, 2.75) is 19.8 Å². The van der Waals surface area contributed by atoms with Crippen LogP contribution in [0.15, 0.2) is 6.07 Å². The third kappa shape index (κ3) is 2.51. The molecule has 1 heterocycles. The highest BCUT2D eigenvalue weighted by atomic mass is 19.3. The van der Waals surface area contributed by atoms with E-state index in [1.165, 1.54) is 6.92 Å². The fourth-order valence-electron chi connectivity index (χ4n) is 1.31. The molecule has 0 amide bonds. The SMILES string of the molecule is Cc1nc(C(F)F)cc(C#N)c1CC(=O)O. The lowest BCUT2D eigenvalue weighted by atomic mass is 10.0. The first-order chi connectivity index (χ1) is 7.45. The number of aliphatic carboxylic acids is 1. The van der Waals surface area contributed by atoms with Crippen LogP contribution in [0.2, 0.25) is 0 Å². The Morgan fingerprint density at radius 3 is 2.75 bits per heavy atom. The van der Waals surface area contributed by atoms with Crippen LogP contribution in [0.3, 0.4) is 0 Å². The standard InChI is InChI=1S/C10H8F2N2O2/c1-5-7(3-9(15)16)6(4-13)2-8(14-5)10(11)12/h2,10H,3H2,1H3,(H,15,16). The van der Waals surface area contributed by atoms with Gasteiger partial charge >= 0.3 is 5.97 Å². The first-order valence-electron chi connectivity index (χ1n) is 4.36. The molecule has 1 aromatic rings. The zero-order chi connectivity index (χ0) is 12.3. The largest absolute Gasteiger partial charge is 0.481 e. The van der Waals surface area contributed by atoms with Crippen molar-refractivity contribution in [2.75, 3.05) is 0 Å². The van der Waals surface area contributed by atoms with Crippen LogP contribution in [-0.4, -0.2) is 16.1 Å². The predicted octanol–water partition coefficient (Wildman–Crippen LogP) is 1.83. The van der Waals surface area contributed by atoms with E-state index < -0.39 is 24.5 Å². The van der Waals surface area contributed by atoms with E-state index in [2.05, 4.69) is 4.98 Å². The fraction of sp³-hybridized carbons (Fsp3) is 0.300. The number of alkyl halides is 2. The van der Waals surface area contributed by atoms with Gasteiger partial charge < -0.3 is 5.11 Å². The Morgan fingerprint density at radius 2 is 2.31 bits per heavy atom. The lowest BCUT2D eigenvalue weighted by Gasteiger charge is -2.07. The molecule has 0 unspecified atom stereocenters. The quantitative estimate of drug-likeness (QED) is 0.853. The number of rotatable bonds is 3. The second-order valence-corrected chi connectivity index (χ2v) is 3.14. The third-order valence-electron chi connectivity index (χ3n) is 2.02. The van der Waals surface area contributed by atoms with Gasteiger partial charge in [0.2, 0.25) is 0 Å². The second kappa shape index (κ2) is 4.66. The van der Waals surface area contributed by atoms with Gasteiger partial charge in [0.05, 0.1) is 18.1 Å². The summed E-state index contributed by atoms with van der Waals surface area (Å²) < 4.78 is 24.7. The maximum Gasteiger partial charge on any atom is 0.307 e. The molecule has 1 N–H and O–H groups in total. The minimum atomic E-state index is -2.77. The molecule has 16 heavy (non-hydrogen) atoms. The van der Waals surface area contributed by atoms with Crippen LogP contribution in [0.4, 0.5) is 8.78 Å². The highest BCUT2D eigenvalue weighted by molar-refractivity contribution is 5.71. The van der Waals surface area contributed by atoms with Crippen LogP contribution in [0.5, 0.6) is 0 Å². The van der Waals surface area contributed by atoms with Crippen molar-refractivity contribution in [2.24, 2.45) is 0 Å². The summed E-state index contributed by atoms with van der Waals surface area (Å²) in [7, 11) is 0. The van der Waals surface area contributed by atoms with E-state index >= 15 is 0 Å². The Hall–Kier alpha value is -2.03. The molecule has 0 bridgehead atoms. The van der Waals surface area contributed by atoms with Gasteiger partial charge in [-0.25, -0.2) is 8.78 Å². The maximum absolute atomic E-state index is 12.4. The number of halogens is 2. The van der Waals surface area contributed by atoms with E-state index in [1.54, 1.807) is 6.07 Å². The van der Waals surface area contributed by atoms with Crippen molar-refractivity contribution in [3.05, 3.63) is 28.6 Å². The monoisotopic (exact) mass is 226 g/mol. The Bertz CT molecular complexity index is 467. The zero-order valence-electron chi connectivity index (χ0n) is 8.37. The van der Waals surface area contributed by atoms with Gasteiger partial charge in [-0.15, -0.1) is 0 Å². The van der Waals surface area contributed by atoms with Gasteiger partial charge in [-0.3, -0.25) is 9.78 Å². The van der Waals surface area contributed by atoms with Crippen LogP contribution >= 0.6 is 0 Å². The molecule has 4 nitrogen and oxygen atoms in total. The normalized spacial score (nSPS) is 10.2. The summed E-state index contributed by atoms with van der Waals surface area (Å²) >= 11 is 0. The number of nitrogens with zero attached hydrogens (tertiary/aromatic N) is 2. The molecule has 1 rings (SSSR count). The number of aryl methyl sites for hydroxylation is 1. The zero-order valence-corrected chi connectivity index (χ0v) is 8.37. The number of carboxylic acid groups (broad SMARTS) is 1. The minimum Gasteiger partial charge on any atom is -0.481 e. The van der Waals surface area contributed by atoms with Gasteiger partial charge in [-0.05, 0) is 13.0 Å². The number of hydrogen-bond donors (Lipinski definition) is 1. The predicted molar refractivity (Wildman–Crippen MR) is 50.0 cm³/mol. The smallest absolute Gasteiger partial charge is 0.307 e. The molecule has 0 aliphatic heterocycles. The van der Waals surface area contributed by atoms with Crippen LogP contribution in [0, 0.1) is 18.3 Å². The third-order valence-corrected chi connectivity index (χ3v) is 2.02. The molecular formula is C10H8F2N2O2. The van der Waals surface area contributed by atoms with Crippen molar-refractivity contribution >= 4 is 5.97 Å². The van der Waals surface area contributed by atoms with Crippen molar-refractivity contribution in [1.29, 1.82) is 5.26 Å². The average Bonchev–Trinajstić information content (AvgIpc) is 2.19. The number of pyridine rings is 1. The fourth-order valence-corrected chi connectivity index (χ4v) is 1.31. The summed E-state index contributed by atoms with van der Waals surface area (Å²) in [6.45, 7) is 1.41. The van der Waals surface area contributed by atoms with E-state index in [-0.39, 0.29) is 16.8 Å². The number of carbonyl (C=O) groups is 1. The van der Waals surface area contributed by atoms with Gasteiger partial charge in [-0.2, -0.15) is 5.26 Å². The molecule has 1 aromatic heterocycles. The van der Waals surface area contributed by atoms with Gasteiger partial charge in [0.15, 0.2) is 0 Å². The summed E-state index contributed by atoms with van der Waals surface area (Å²) in [4.78, 5) is 14.1. The molecule has 0 spiro atoms. The highest BCUT2D eigenvalue weighted by Gasteiger charge is 2.16. The molecule has 0 saturated carbocycles. The lowest BCUT2D eigenvalue weighted by Crippen LogP contribution is -2.08. The molecule has 84 valence electrons. The summed E-state index contributed by atoms with van der Waals surface area (Å²) in [5, 5.41) is 17.4. The lowest BCUT2D eigenvalue weighted by molar-refractivity contribution is -0.136. The molecule has 0 radical (unpaired) electrons. The summed E-state index contributed by atoms with van der Waals surface area (Å²) in [6.07, 6.45) is -3.17. The van der Waals surface area contributed by atoms with Crippen LogP contribution in [0.25, 0.3) is 0 Å². The van der Waals surface area contributed by atoms with E-state index in [0.29, 0.717) is 0 Å². The maximum atomic E-state index is 12.4. The summed E-state index contributed by atoms with van der Waals surface area (Å²) in [5.74, 6) is -1.13. The summed E-state index contributed by atoms with van der Waals surface area (Å²) in [5.41, 5.74) is -0.246. The van der Waals surface area contributed by atoms with Crippen molar-refractivity contribution in [1.82, 2.24) is 4.98 Å². The Kier molecular flexibility index (Phi) is 3.51. The van der Waals surface area contributed by atoms with E-state index in [4.69, 9.17) is 10.4 Å². The Balaban J connectivity index is 3.30. The molecule has 0 fully saturated rings. The van der Waals surface area contributed by atoms with Gasteiger partial charge in [0.25, 0.3) is 6.43 Å². The number of aromatic nitrogens is 1. The van der Waals surface area contributed by atoms with E-state index in [1.807, 2.05) is 0 Å². The van der Waals surface area contributed by atoms with Crippen LogP contribution in [0.1, 0.15) is 28.9 Å². The molecule has 0 atom stereocenters. The Labute approximate surface area is 90.2 Å². The molecule has 0 aliphatic rings. The topological polar surface area (TPSA) is 74.0 Å². The van der Waals surface area contributed by atoms with Crippen molar-refractivity contribution in [3.63, 3.8) is 0 Å². The molecule has 0 saturated heterocycles. The van der Waals surface area contributed by atoms with Gasteiger partial charge in [-0.1, -0.05) is 0 Å². The Morgan fingerprint density at radius 1 is 1.69 bits per heavy atom. The van der Waals surface area contributed by atoms with Crippen LogP contribution < -0.4 is 0 Å². The van der Waals surface area contributed by atoms with E-state index in [0.717, 1.165) is 6.07 Å².